The number of benzene rings is 2. The standard InChI is InChI=1S/C29H34ClNO9/c30-21-9-7-10-23(16-21)38-19-22(32)14-15-25-24(26(33)17-27(25)34)11-3-1-2-4-13-29(35)40-28-12-6-5-8-20(28)18-39-31(36)37/h1,3,5-10,12,14-16,22,24-27,32-34H,2,4,11,13,17-19H2/t22-,24-,25-,26+,27-/m1/s1. The first-order valence-corrected chi connectivity index (χ1v) is 13.4. The number of esters is 1. The van der Waals surface area contributed by atoms with E-state index < -0.39 is 29.4 Å². The van der Waals surface area contributed by atoms with E-state index >= 15 is 0 Å². The molecule has 0 spiro atoms. The van der Waals surface area contributed by atoms with Crippen LogP contribution in [-0.4, -0.2) is 51.3 Å². The lowest BCUT2D eigenvalue weighted by Gasteiger charge is -2.19. The van der Waals surface area contributed by atoms with Crippen LogP contribution in [0, 0.1) is 22.0 Å². The molecule has 1 aliphatic carbocycles. The molecule has 1 aliphatic rings. The zero-order valence-electron chi connectivity index (χ0n) is 21.9. The van der Waals surface area contributed by atoms with Gasteiger partial charge in [-0.1, -0.05) is 60.2 Å². The van der Waals surface area contributed by atoms with Gasteiger partial charge in [0, 0.05) is 29.3 Å². The summed E-state index contributed by atoms with van der Waals surface area (Å²) < 4.78 is 10.9. The molecule has 1 saturated carbocycles. The third-order valence-electron chi connectivity index (χ3n) is 6.54. The topological polar surface area (TPSA) is 149 Å². The van der Waals surface area contributed by atoms with Gasteiger partial charge in [0.1, 0.15) is 30.8 Å². The normalized spacial score (nSPS) is 21.5. The zero-order valence-corrected chi connectivity index (χ0v) is 22.6. The van der Waals surface area contributed by atoms with Gasteiger partial charge in [-0.15, -0.1) is 10.1 Å². The molecule has 3 N–H and O–H groups in total. The second-order valence-electron chi connectivity index (χ2n) is 9.51. The lowest BCUT2D eigenvalue weighted by atomic mass is 9.89. The molecule has 0 radical (unpaired) electrons. The van der Waals surface area contributed by atoms with Crippen LogP contribution in [-0.2, 0) is 16.2 Å². The number of halogens is 1. The van der Waals surface area contributed by atoms with E-state index in [2.05, 4.69) is 4.84 Å². The Hall–Kier alpha value is -3.44. The Balaban J connectivity index is 1.41. The fourth-order valence-corrected chi connectivity index (χ4v) is 4.69. The van der Waals surface area contributed by atoms with Crippen LogP contribution in [0.2, 0.25) is 5.02 Å². The van der Waals surface area contributed by atoms with Crippen LogP contribution in [0.15, 0.2) is 72.8 Å². The van der Waals surface area contributed by atoms with Gasteiger partial charge < -0.3 is 29.6 Å². The highest BCUT2D eigenvalue weighted by atomic mass is 35.5. The van der Waals surface area contributed by atoms with Gasteiger partial charge in [0.15, 0.2) is 0 Å². The number of para-hydroxylation sites is 1. The van der Waals surface area contributed by atoms with Crippen molar-refractivity contribution in [2.45, 2.75) is 57.0 Å². The molecule has 0 unspecified atom stereocenters. The SMILES string of the molecule is O=C(CCCC=CC[C@@H]1[C@@H](C=C[C@@H](O)COc2cccc(Cl)c2)[C@H](O)C[C@@H]1O)Oc1ccccc1CO[N+](=O)[O-]. The predicted octanol–water partition coefficient (Wildman–Crippen LogP) is 4.42. The smallest absolute Gasteiger partial charge is 0.311 e. The number of carbonyl (C=O) groups excluding carboxylic acids is 1. The van der Waals surface area contributed by atoms with E-state index in [1.54, 1.807) is 60.7 Å². The van der Waals surface area contributed by atoms with Gasteiger partial charge in [-0.25, -0.2) is 0 Å². The van der Waals surface area contributed by atoms with Gasteiger partial charge in [-0.3, -0.25) is 4.79 Å². The second kappa shape index (κ2) is 16.0. The van der Waals surface area contributed by atoms with Gasteiger partial charge in [0.2, 0.25) is 0 Å². The maximum absolute atomic E-state index is 12.2. The van der Waals surface area contributed by atoms with E-state index in [1.807, 2.05) is 12.2 Å². The molecule has 10 nitrogen and oxygen atoms in total. The maximum Gasteiger partial charge on any atom is 0.311 e. The molecule has 216 valence electrons. The first-order chi connectivity index (χ1) is 19.2. The van der Waals surface area contributed by atoms with Crippen molar-refractivity contribution >= 4 is 17.6 Å². The zero-order chi connectivity index (χ0) is 28.9. The molecule has 2 aromatic rings. The number of ether oxygens (including phenoxy) is 2. The number of aliphatic hydroxyl groups excluding tert-OH is 3. The highest BCUT2D eigenvalue weighted by Crippen LogP contribution is 2.36. The fourth-order valence-electron chi connectivity index (χ4n) is 4.51. The van der Waals surface area contributed by atoms with Crippen molar-refractivity contribution in [3.05, 3.63) is 93.5 Å². The van der Waals surface area contributed by atoms with E-state index in [-0.39, 0.29) is 43.6 Å². The van der Waals surface area contributed by atoms with Crippen LogP contribution < -0.4 is 9.47 Å². The van der Waals surface area contributed by atoms with Crippen LogP contribution in [0.3, 0.4) is 0 Å². The van der Waals surface area contributed by atoms with E-state index in [0.29, 0.717) is 35.6 Å². The molecule has 3 rings (SSSR count). The van der Waals surface area contributed by atoms with Gasteiger partial charge in [0.05, 0.1) is 12.2 Å². The van der Waals surface area contributed by atoms with Crippen molar-refractivity contribution in [3.63, 3.8) is 0 Å². The third kappa shape index (κ3) is 10.3. The van der Waals surface area contributed by atoms with Crippen LogP contribution in [0.1, 0.15) is 37.7 Å². The quantitative estimate of drug-likeness (QED) is 0.0700. The second-order valence-corrected chi connectivity index (χ2v) is 9.95. The molecule has 0 aliphatic heterocycles. The lowest BCUT2D eigenvalue weighted by Crippen LogP contribution is -2.21. The molecule has 0 aromatic heterocycles. The summed E-state index contributed by atoms with van der Waals surface area (Å²) in [6.45, 7) is -0.291. The third-order valence-corrected chi connectivity index (χ3v) is 6.77. The molecule has 11 heteroatoms. The number of rotatable bonds is 15. The Morgan fingerprint density at radius 3 is 2.73 bits per heavy atom. The number of aliphatic hydroxyl groups is 3. The summed E-state index contributed by atoms with van der Waals surface area (Å²) in [5, 5.41) is 41.2. The molecule has 0 amide bonds. The number of nitrogens with zero attached hydrogens (tertiary/aromatic N) is 1. The van der Waals surface area contributed by atoms with Crippen molar-refractivity contribution in [2.75, 3.05) is 6.61 Å². The van der Waals surface area contributed by atoms with Crippen molar-refractivity contribution in [3.8, 4) is 11.5 Å². The summed E-state index contributed by atoms with van der Waals surface area (Å²) >= 11 is 5.93. The van der Waals surface area contributed by atoms with Crippen LogP contribution in [0.5, 0.6) is 11.5 Å². The minimum atomic E-state index is -0.906. The highest BCUT2D eigenvalue weighted by Gasteiger charge is 2.39. The molecule has 1 fully saturated rings. The lowest BCUT2D eigenvalue weighted by molar-refractivity contribution is -0.763. The van der Waals surface area contributed by atoms with Crippen LogP contribution >= 0.6 is 11.6 Å². The predicted molar refractivity (Wildman–Crippen MR) is 147 cm³/mol. The van der Waals surface area contributed by atoms with Crippen molar-refractivity contribution < 1.29 is 39.5 Å². The Morgan fingerprint density at radius 1 is 1.15 bits per heavy atom. The summed E-state index contributed by atoms with van der Waals surface area (Å²) in [4.78, 5) is 27.0. The highest BCUT2D eigenvalue weighted by molar-refractivity contribution is 6.30. The molecule has 40 heavy (non-hydrogen) atoms. The summed E-state index contributed by atoms with van der Waals surface area (Å²) in [6, 6.07) is 13.3. The number of unbranched alkanes of at least 4 members (excludes halogenated alkanes) is 1. The van der Waals surface area contributed by atoms with Gasteiger partial charge in [0.25, 0.3) is 5.09 Å². The molecule has 0 bridgehead atoms. The summed E-state index contributed by atoms with van der Waals surface area (Å²) in [6.07, 6.45) is 6.90. The molecule has 0 heterocycles. The average Bonchev–Trinajstić information content (AvgIpc) is 3.19. The van der Waals surface area contributed by atoms with Gasteiger partial charge in [-0.05, 0) is 49.4 Å². The van der Waals surface area contributed by atoms with Gasteiger partial charge in [-0.2, -0.15) is 0 Å². The van der Waals surface area contributed by atoms with Crippen molar-refractivity contribution in [1.82, 2.24) is 0 Å². The number of hydrogen-bond donors (Lipinski definition) is 3. The number of carbonyl (C=O) groups is 1. The Kier molecular flexibility index (Phi) is 12.4. The molecule has 2 aromatic carbocycles. The minimum Gasteiger partial charge on any atom is -0.491 e. The molecule has 0 saturated heterocycles. The van der Waals surface area contributed by atoms with Crippen LogP contribution in [0.4, 0.5) is 0 Å². The maximum atomic E-state index is 12.2. The largest absolute Gasteiger partial charge is 0.491 e. The molecule has 5 atom stereocenters. The Morgan fingerprint density at radius 2 is 1.95 bits per heavy atom. The van der Waals surface area contributed by atoms with E-state index in [0.717, 1.165) is 0 Å². The van der Waals surface area contributed by atoms with E-state index in [1.165, 1.54) is 0 Å². The molecular weight excluding hydrogens is 542 g/mol. The van der Waals surface area contributed by atoms with Crippen molar-refractivity contribution in [1.29, 1.82) is 0 Å². The van der Waals surface area contributed by atoms with Crippen molar-refractivity contribution in [2.24, 2.45) is 11.8 Å². The fraction of sp³-hybridized carbons (Fsp3) is 0.414. The molecular formula is C29H34ClNO9. The summed E-state index contributed by atoms with van der Waals surface area (Å²) in [5.74, 6) is -0.237. The Bertz CT molecular complexity index is 1170. The summed E-state index contributed by atoms with van der Waals surface area (Å²) in [5.41, 5.74) is 0.398. The first-order valence-electron chi connectivity index (χ1n) is 13.0. The van der Waals surface area contributed by atoms with Crippen LogP contribution in [0.25, 0.3) is 0 Å². The van der Waals surface area contributed by atoms with Gasteiger partial charge >= 0.3 is 5.97 Å². The average molecular weight is 576 g/mol. The summed E-state index contributed by atoms with van der Waals surface area (Å²) in [7, 11) is 0. The number of hydrogen-bond acceptors (Lipinski definition) is 9. The van der Waals surface area contributed by atoms with E-state index in [9.17, 15) is 30.2 Å². The number of allylic oxidation sites excluding steroid dienone is 2. The Labute approximate surface area is 237 Å². The first kappa shape index (κ1) is 31.1. The minimum absolute atomic E-state index is 0.0213. The monoisotopic (exact) mass is 575 g/mol. The van der Waals surface area contributed by atoms with E-state index in [4.69, 9.17) is 21.1 Å².